The Balaban J connectivity index is 1.40. The summed E-state index contributed by atoms with van der Waals surface area (Å²) in [6.07, 6.45) is -0.700. The molecule has 1 saturated heterocycles. The molecule has 3 atom stereocenters. The second-order valence-corrected chi connectivity index (χ2v) is 9.07. The molecule has 162 valence electrons. The Kier molecular flexibility index (Phi) is 5.91. The van der Waals surface area contributed by atoms with E-state index in [1.165, 1.54) is 16.7 Å². The number of nitrogens with one attached hydrogen (secondary N) is 1. The number of rotatable bonds is 5. The van der Waals surface area contributed by atoms with Crippen LogP contribution in [0.15, 0.2) is 48.5 Å². The topological polar surface area (TPSA) is 95.9 Å². The number of thioether (sulfide) groups is 1. The van der Waals surface area contributed by atoms with Crippen LogP contribution in [0.4, 0.5) is 4.79 Å². The highest BCUT2D eigenvalue weighted by atomic mass is 32.2. The Hall–Kier alpha value is -3.00. The van der Waals surface area contributed by atoms with Crippen LogP contribution in [0.1, 0.15) is 30.9 Å². The average molecular weight is 441 g/mol. The van der Waals surface area contributed by atoms with E-state index in [0.29, 0.717) is 5.75 Å². The Morgan fingerprint density at radius 1 is 1.13 bits per heavy atom. The van der Waals surface area contributed by atoms with Gasteiger partial charge in [-0.2, -0.15) is 0 Å². The summed E-state index contributed by atoms with van der Waals surface area (Å²) < 4.78 is 5.48. The number of ether oxygens (including phenoxy) is 1. The predicted molar refractivity (Wildman–Crippen MR) is 118 cm³/mol. The molecule has 1 heterocycles. The van der Waals surface area contributed by atoms with E-state index in [-0.39, 0.29) is 17.9 Å². The first-order chi connectivity index (χ1) is 14.9. The van der Waals surface area contributed by atoms with E-state index in [9.17, 15) is 19.5 Å². The molecule has 2 aliphatic rings. The van der Waals surface area contributed by atoms with Crippen molar-refractivity contribution >= 4 is 29.7 Å². The van der Waals surface area contributed by atoms with E-state index < -0.39 is 30.1 Å². The fourth-order valence-electron chi connectivity index (χ4n) is 4.27. The molecule has 1 aliphatic carbocycles. The van der Waals surface area contributed by atoms with E-state index in [1.54, 1.807) is 13.8 Å². The minimum absolute atomic E-state index is 0.0736. The van der Waals surface area contributed by atoms with Crippen molar-refractivity contribution in [3.8, 4) is 11.1 Å². The number of hydrogen-bond acceptors (Lipinski definition) is 5. The van der Waals surface area contributed by atoms with Gasteiger partial charge in [0.2, 0.25) is 5.91 Å². The maximum Gasteiger partial charge on any atom is 0.407 e. The third kappa shape index (κ3) is 3.99. The Morgan fingerprint density at radius 3 is 2.29 bits per heavy atom. The molecular weight excluding hydrogens is 416 g/mol. The lowest BCUT2D eigenvalue weighted by molar-refractivity contribution is -0.149. The molecule has 2 aromatic rings. The van der Waals surface area contributed by atoms with Crippen LogP contribution in [-0.4, -0.2) is 57.8 Å². The SMILES string of the molecule is CC1SCC(C(=O)O)N1C(=O)[C@H](C)NC(=O)OCC1c2ccccc2-c2ccccc21. The zero-order valence-electron chi connectivity index (χ0n) is 17.3. The number of carbonyl (C=O) groups excluding carboxylic acids is 2. The third-order valence-electron chi connectivity index (χ3n) is 5.81. The van der Waals surface area contributed by atoms with Crippen LogP contribution in [0.5, 0.6) is 0 Å². The van der Waals surface area contributed by atoms with Crippen LogP contribution in [0.25, 0.3) is 11.1 Å². The first kappa shape index (κ1) is 21.2. The van der Waals surface area contributed by atoms with E-state index in [4.69, 9.17) is 4.74 Å². The quantitative estimate of drug-likeness (QED) is 0.741. The zero-order chi connectivity index (χ0) is 22.1. The molecule has 4 rings (SSSR count). The van der Waals surface area contributed by atoms with Crippen molar-refractivity contribution in [2.45, 2.75) is 37.2 Å². The molecule has 0 radical (unpaired) electrons. The van der Waals surface area contributed by atoms with Crippen LogP contribution in [0, 0.1) is 0 Å². The average Bonchev–Trinajstić information content (AvgIpc) is 3.30. The summed E-state index contributed by atoms with van der Waals surface area (Å²) in [7, 11) is 0. The molecule has 0 bridgehead atoms. The summed E-state index contributed by atoms with van der Waals surface area (Å²) in [5, 5.41) is 11.7. The van der Waals surface area contributed by atoms with Crippen LogP contribution in [0.2, 0.25) is 0 Å². The molecule has 2 aromatic carbocycles. The number of carboxylic acids is 1. The van der Waals surface area contributed by atoms with Gasteiger partial charge in [0, 0.05) is 11.7 Å². The summed E-state index contributed by atoms with van der Waals surface area (Å²) in [6.45, 7) is 3.47. The number of carboxylic acid groups (broad SMARTS) is 1. The molecule has 0 spiro atoms. The normalized spacial score (nSPS) is 20.6. The summed E-state index contributed by atoms with van der Waals surface area (Å²) in [4.78, 5) is 38.0. The molecule has 31 heavy (non-hydrogen) atoms. The molecule has 1 aliphatic heterocycles. The van der Waals surface area contributed by atoms with Crippen LogP contribution < -0.4 is 5.32 Å². The van der Waals surface area contributed by atoms with Crippen LogP contribution in [0.3, 0.4) is 0 Å². The van der Waals surface area contributed by atoms with Crippen molar-refractivity contribution in [1.82, 2.24) is 10.2 Å². The fourth-order valence-corrected chi connectivity index (χ4v) is 5.45. The van der Waals surface area contributed by atoms with Gasteiger partial charge in [-0.15, -0.1) is 11.8 Å². The molecular formula is C23H24N2O5S. The van der Waals surface area contributed by atoms with Crippen molar-refractivity contribution in [2.75, 3.05) is 12.4 Å². The monoisotopic (exact) mass is 440 g/mol. The number of alkyl carbamates (subject to hydrolysis) is 1. The summed E-state index contributed by atoms with van der Waals surface area (Å²) in [5.41, 5.74) is 4.48. The highest BCUT2D eigenvalue weighted by molar-refractivity contribution is 8.00. The van der Waals surface area contributed by atoms with E-state index in [0.717, 1.165) is 22.3 Å². The van der Waals surface area contributed by atoms with Gasteiger partial charge in [-0.1, -0.05) is 48.5 Å². The Labute approximate surface area is 184 Å². The van der Waals surface area contributed by atoms with Crippen molar-refractivity contribution < 1.29 is 24.2 Å². The van der Waals surface area contributed by atoms with Crippen LogP contribution in [-0.2, 0) is 14.3 Å². The first-order valence-electron chi connectivity index (χ1n) is 10.2. The van der Waals surface area contributed by atoms with Crippen molar-refractivity contribution in [3.05, 3.63) is 59.7 Å². The number of aliphatic carboxylic acids is 1. The standard InChI is InChI=1S/C23H24N2O5S/c1-13(21(26)25-14(2)31-12-20(25)22(27)28)24-23(29)30-11-19-17-9-5-3-7-15(17)16-8-4-6-10-18(16)19/h3-10,13-14,19-20H,11-12H2,1-2H3,(H,24,29)(H,27,28)/t13-,14?,20?/m0/s1. The molecule has 7 nitrogen and oxygen atoms in total. The molecule has 2 amide bonds. The highest BCUT2D eigenvalue weighted by Gasteiger charge is 2.41. The van der Waals surface area contributed by atoms with E-state index in [1.807, 2.05) is 36.4 Å². The Bertz CT molecular complexity index is 981. The summed E-state index contributed by atoms with van der Waals surface area (Å²) >= 11 is 1.40. The lowest BCUT2D eigenvalue weighted by Crippen LogP contribution is -2.53. The largest absolute Gasteiger partial charge is 0.480 e. The zero-order valence-corrected chi connectivity index (χ0v) is 18.1. The van der Waals surface area contributed by atoms with Gasteiger partial charge in [-0.3, -0.25) is 4.79 Å². The number of fused-ring (bicyclic) bond motifs is 3. The molecule has 2 N–H and O–H groups in total. The summed E-state index contributed by atoms with van der Waals surface area (Å²) in [5.74, 6) is -1.22. The number of nitrogens with zero attached hydrogens (tertiary/aromatic N) is 1. The second-order valence-electron chi connectivity index (χ2n) is 7.72. The highest BCUT2D eigenvalue weighted by Crippen LogP contribution is 2.44. The number of hydrogen-bond donors (Lipinski definition) is 2. The molecule has 8 heteroatoms. The predicted octanol–water partition coefficient (Wildman–Crippen LogP) is 3.29. The maximum absolute atomic E-state index is 12.8. The lowest BCUT2D eigenvalue weighted by Gasteiger charge is -2.28. The Morgan fingerprint density at radius 2 is 1.71 bits per heavy atom. The van der Waals surface area contributed by atoms with E-state index >= 15 is 0 Å². The smallest absolute Gasteiger partial charge is 0.407 e. The van der Waals surface area contributed by atoms with Gasteiger partial charge in [-0.25, -0.2) is 9.59 Å². The summed E-state index contributed by atoms with van der Waals surface area (Å²) in [6, 6.07) is 14.3. The van der Waals surface area contributed by atoms with Gasteiger partial charge in [0.05, 0.1) is 5.37 Å². The van der Waals surface area contributed by atoms with Gasteiger partial charge in [-0.05, 0) is 36.1 Å². The first-order valence-corrected chi connectivity index (χ1v) is 11.2. The van der Waals surface area contributed by atoms with Gasteiger partial charge in [0.25, 0.3) is 0 Å². The van der Waals surface area contributed by atoms with Crippen molar-refractivity contribution in [2.24, 2.45) is 0 Å². The van der Waals surface area contributed by atoms with Gasteiger partial charge < -0.3 is 20.1 Å². The van der Waals surface area contributed by atoms with Gasteiger partial charge >= 0.3 is 12.1 Å². The minimum Gasteiger partial charge on any atom is -0.480 e. The van der Waals surface area contributed by atoms with Crippen LogP contribution >= 0.6 is 11.8 Å². The van der Waals surface area contributed by atoms with Crippen molar-refractivity contribution in [3.63, 3.8) is 0 Å². The maximum atomic E-state index is 12.8. The third-order valence-corrected chi connectivity index (χ3v) is 7.03. The van der Waals surface area contributed by atoms with E-state index in [2.05, 4.69) is 17.4 Å². The molecule has 1 fully saturated rings. The van der Waals surface area contributed by atoms with Crippen molar-refractivity contribution in [1.29, 1.82) is 0 Å². The number of carbonyl (C=O) groups is 3. The second kappa shape index (κ2) is 8.63. The van der Waals surface area contributed by atoms with Gasteiger partial charge in [0.1, 0.15) is 18.7 Å². The van der Waals surface area contributed by atoms with Gasteiger partial charge in [0.15, 0.2) is 0 Å². The molecule has 0 aromatic heterocycles. The fraction of sp³-hybridized carbons (Fsp3) is 0.348. The lowest BCUT2D eigenvalue weighted by atomic mass is 9.98. The number of benzene rings is 2. The molecule has 2 unspecified atom stereocenters. The molecule has 0 saturated carbocycles. The number of amides is 2. The minimum atomic E-state index is -1.04.